The Morgan fingerprint density at radius 3 is 2.74 bits per heavy atom. The summed E-state index contributed by atoms with van der Waals surface area (Å²) in [5.41, 5.74) is 3.64. The van der Waals surface area contributed by atoms with Crippen molar-refractivity contribution in [1.82, 2.24) is 14.9 Å². The number of nitrogens with zero attached hydrogens (tertiary/aromatic N) is 3. The predicted molar refractivity (Wildman–Crippen MR) is 75.9 cm³/mol. The highest BCUT2D eigenvalue weighted by Crippen LogP contribution is 2.31. The predicted octanol–water partition coefficient (Wildman–Crippen LogP) is 1.03. The van der Waals surface area contributed by atoms with Gasteiger partial charge >= 0.3 is 0 Å². The van der Waals surface area contributed by atoms with Gasteiger partial charge in [-0.1, -0.05) is 0 Å². The average Bonchev–Trinajstić information content (AvgIpc) is 2.98. The Balaban J connectivity index is 1.81. The third kappa shape index (κ3) is 2.26. The molecule has 4 N–H and O–H groups in total. The van der Waals surface area contributed by atoms with E-state index in [2.05, 4.69) is 25.6 Å². The van der Waals surface area contributed by atoms with Gasteiger partial charge in [0.1, 0.15) is 17.5 Å². The Bertz CT molecular complexity index is 474. The van der Waals surface area contributed by atoms with E-state index in [-0.39, 0.29) is 0 Å². The molecule has 3 rings (SSSR count). The first kappa shape index (κ1) is 12.6. The van der Waals surface area contributed by atoms with Crippen LogP contribution >= 0.6 is 0 Å². The van der Waals surface area contributed by atoms with Crippen LogP contribution in [0.15, 0.2) is 0 Å². The molecular weight excluding hydrogens is 240 g/mol. The van der Waals surface area contributed by atoms with Crippen LogP contribution in [0.1, 0.15) is 30.7 Å². The quantitative estimate of drug-likeness (QED) is 0.558. The molecule has 1 aromatic rings. The monoisotopic (exact) mass is 262 g/mol. The molecule has 6 heteroatoms. The van der Waals surface area contributed by atoms with Gasteiger partial charge in [0, 0.05) is 24.2 Å². The molecule has 2 fully saturated rings. The van der Waals surface area contributed by atoms with Crippen LogP contribution in [0.4, 0.5) is 11.6 Å². The Morgan fingerprint density at radius 1 is 1.16 bits per heavy atom. The van der Waals surface area contributed by atoms with Gasteiger partial charge < -0.3 is 10.7 Å². The Hall–Kier alpha value is -1.40. The molecule has 2 aliphatic rings. The molecule has 19 heavy (non-hydrogen) atoms. The van der Waals surface area contributed by atoms with Gasteiger partial charge in [-0.2, -0.15) is 0 Å². The van der Waals surface area contributed by atoms with E-state index in [9.17, 15) is 0 Å². The molecule has 0 spiro atoms. The molecule has 0 bridgehead atoms. The number of nitrogen functional groups attached to an aromatic ring is 1. The normalized spacial score (nSPS) is 26.5. The van der Waals surface area contributed by atoms with E-state index in [1.807, 2.05) is 13.8 Å². The minimum Gasteiger partial charge on any atom is -0.365 e. The minimum atomic E-state index is 0.501. The fourth-order valence-electron chi connectivity index (χ4n) is 3.34. The van der Waals surface area contributed by atoms with Crippen LogP contribution in [-0.4, -0.2) is 40.0 Å². The lowest BCUT2D eigenvalue weighted by molar-refractivity contribution is 0.318. The van der Waals surface area contributed by atoms with Gasteiger partial charge in [-0.15, -0.1) is 0 Å². The number of aromatic nitrogens is 2. The van der Waals surface area contributed by atoms with Crippen molar-refractivity contribution in [2.45, 2.75) is 45.2 Å². The summed E-state index contributed by atoms with van der Waals surface area (Å²) >= 11 is 0. The van der Waals surface area contributed by atoms with E-state index < -0.39 is 0 Å². The number of nitrogens with two attached hydrogens (primary N) is 1. The van der Waals surface area contributed by atoms with E-state index in [1.54, 1.807) is 0 Å². The molecule has 2 aliphatic heterocycles. The van der Waals surface area contributed by atoms with E-state index >= 15 is 0 Å². The van der Waals surface area contributed by atoms with Crippen molar-refractivity contribution >= 4 is 11.6 Å². The summed E-state index contributed by atoms with van der Waals surface area (Å²) in [5, 5.41) is 3.61. The molecule has 0 radical (unpaired) electrons. The van der Waals surface area contributed by atoms with Crippen LogP contribution in [0.2, 0.25) is 0 Å². The molecule has 0 saturated carbocycles. The summed E-state index contributed by atoms with van der Waals surface area (Å²) in [5.74, 6) is 7.86. The summed E-state index contributed by atoms with van der Waals surface area (Å²) < 4.78 is 0. The summed E-state index contributed by atoms with van der Waals surface area (Å²) in [6.07, 6.45) is 3.81. The fraction of sp³-hybridized carbons (Fsp3) is 0.692. The second-order valence-electron chi connectivity index (χ2n) is 5.52. The van der Waals surface area contributed by atoms with Crippen molar-refractivity contribution in [1.29, 1.82) is 0 Å². The number of nitrogens with one attached hydrogen (secondary N) is 2. The van der Waals surface area contributed by atoms with E-state index in [4.69, 9.17) is 5.84 Å². The van der Waals surface area contributed by atoms with Gasteiger partial charge in [0.2, 0.25) is 0 Å². The van der Waals surface area contributed by atoms with Gasteiger partial charge in [-0.05, 0) is 39.7 Å². The molecule has 0 amide bonds. The molecule has 2 atom stereocenters. The van der Waals surface area contributed by atoms with E-state index in [0.717, 1.165) is 17.2 Å². The number of hydrazine groups is 1. The molecule has 0 aliphatic carbocycles. The first-order chi connectivity index (χ1) is 9.19. The van der Waals surface area contributed by atoms with Gasteiger partial charge in [0.15, 0.2) is 0 Å². The van der Waals surface area contributed by atoms with Gasteiger partial charge in [0.25, 0.3) is 0 Å². The van der Waals surface area contributed by atoms with Crippen LogP contribution in [0.25, 0.3) is 0 Å². The van der Waals surface area contributed by atoms with Crippen molar-refractivity contribution in [3.8, 4) is 0 Å². The summed E-state index contributed by atoms with van der Waals surface area (Å²) in [6, 6.07) is 1.17. The first-order valence-electron chi connectivity index (χ1n) is 7.01. The van der Waals surface area contributed by atoms with Gasteiger partial charge in [-0.25, -0.2) is 15.8 Å². The number of rotatable bonds is 3. The second-order valence-corrected chi connectivity index (χ2v) is 5.52. The molecule has 3 heterocycles. The largest absolute Gasteiger partial charge is 0.365 e. The number of anilines is 2. The number of aryl methyl sites for hydroxylation is 1. The molecule has 2 unspecified atom stereocenters. The van der Waals surface area contributed by atoms with Crippen molar-refractivity contribution < 1.29 is 0 Å². The van der Waals surface area contributed by atoms with E-state index in [0.29, 0.717) is 17.9 Å². The van der Waals surface area contributed by atoms with Crippen LogP contribution in [0.3, 0.4) is 0 Å². The van der Waals surface area contributed by atoms with Gasteiger partial charge in [-0.3, -0.25) is 4.90 Å². The molecule has 1 aromatic heterocycles. The Labute approximate surface area is 113 Å². The van der Waals surface area contributed by atoms with E-state index in [1.165, 1.54) is 32.4 Å². The fourth-order valence-corrected chi connectivity index (χ4v) is 3.34. The third-order valence-corrected chi connectivity index (χ3v) is 4.32. The molecule has 2 saturated heterocycles. The lowest BCUT2D eigenvalue weighted by atomic mass is 10.1. The molecule has 104 valence electrons. The SMILES string of the molecule is Cc1nc(NN)c(C)c(NC2CCN3CCCC23)n1. The van der Waals surface area contributed by atoms with Crippen molar-refractivity contribution in [2.75, 3.05) is 23.8 Å². The van der Waals surface area contributed by atoms with Crippen LogP contribution < -0.4 is 16.6 Å². The van der Waals surface area contributed by atoms with Crippen LogP contribution in [0.5, 0.6) is 0 Å². The molecular formula is C13H22N6. The maximum atomic E-state index is 5.51. The zero-order chi connectivity index (χ0) is 13.4. The number of fused-ring (bicyclic) bond motifs is 1. The van der Waals surface area contributed by atoms with Crippen molar-refractivity contribution in [3.63, 3.8) is 0 Å². The first-order valence-corrected chi connectivity index (χ1v) is 7.01. The molecule has 6 nitrogen and oxygen atoms in total. The highest BCUT2D eigenvalue weighted by Gasteiger charge is 2.37. The second kappa shape index (κ2) is 4.94. The summed E-state index contributed by atoms with van der Waals surface area (Å²) in [6.45, 7) is 6.34. The minimum absolute atomic E-state index is 0.501. The summed E-state index contributed by atoms with van der Waals surface area (Å²) in [7, 11) is 0. The van der Waals surface area contributed by atoms with Crippen molar-refractivity contribution in [3.05, 3.63) is 11.4 Å². The summed E-state index contributed by atoms with van der Waals surface area (Å²) in [4.78, 5) is 11.4. The van der Waals surface area contributed by atoms with Crippen molar-refractivity contribution in [2.24, 2.45) is 5.84 Å². The number of hydrogen-bond acceptors (Lipinski definition) is 6. The third-order valence-electron chi connectivity index (χ3n) is 4.32. The highest BCUT2D eigenvalue weighted by atomic mass is 15.3. The Kier molecular flexibility index (Phi) is 3.28. The van der Waals surface area contributed by atoms with Crippen LogP contribution in [-0.2, 0) is 0 Å². The standard InChI is InChI=1S/C13H22N6/c1-8-12(15-9(2)16-13(8)18-14)17-10-5-7-19-6-3-4-11(10)19/h10-11H,3-7,14H2,1-2H3,(H2,15,16,17,18). The average molecular weight is 262 g/mol. The van der Waals surface area contributed by atoms with Crippen LogP contribution in [0, 0.1) is 13.8 Å². The highest BCUT2D eigenvalue weighted by molar-refractivity contribution is 5.57. The maximum absolute atomic E-state index is 5.51. The Morgan fingerprint density at radius 2 is 1.95 bits per heavy atom. The number of hydrogen-bond donors (Lipinski definition) is 3. The zero-order valence-electron chi connectivity index (χ0n) is 11.6. The lowest BCUT2D eigenvalue weighted by Gasteiger charge is -2.23. The topological polar surface area (TPSA) is 79.1 Å². The van der Waals surface area contributed by atoms with Gasteiger partial charge in [0.05, 0.1) is 0 Å². The zero-order valence-corrected chi connectivity index (χ0v) is 11.6. The lowest BCUT2D eigenvalue weighted by Crippen LogP contribution is -2.34. The molecule has 0 aromatic carbocycles. The smallest absolute Gasteiger partial charge is 0.148 e. The maximum Gasteiger partial charge on any atom is 0.148 e.